The van der Waals surface area contributed by atoms with Crippen molar-refractivity contribution in [3.8, 4) is 0 Å². The van der Waals surface area contributed by atoms with E-state index in [1.807, 2.05) is 0 Å². The number of aliphatic carboxylic acids is 1. The summed E-state index contributed by atoms with van der Waals surface area (Å²) in [4.78, 5) is 44.6. The minimum Gasteiger partial charge on any atom is -0.480 e. The molecule has 1 aliphatic heterocycles. The summed E-state index contributed by atoms with van der Waals surface area (Å²) in [6.45, 7) is 0. The zero-order chi connectivity index (χ0) is 14.4. The topological polar surface area (TPSA) is 122 Å². The van der Waals surface area contributed by atoms with Gasteiger partial charge in [-0.05, 0) is 12.8 Å². The van der Waals surface area contributed by atoms with Crippen molar-refractivity contribution in [2.24, 2.45) is 0 Å². The molecule has 8 nitrogen and oxygen atoms in total. The second-order valence-corrected chi connectivity index (χ2v) is 4.17. The van der Waals surface area contributed by atoms with E-state index in [-0.39, 0.29) is 25.2 Å². The normalized spacial score (nSPS) is 19.4. The van der Waals surface area contributed by atoms with Crippen LogP contribution in [0.2, 0.25) is 0 Å². The monoisotopic (exact) mass is 272 g/mol. The summed E-state index contributed by atoms with van der Waals surface area (Å²) >= 11 is 0. The first kappa shape index (κ1) is 14.9. The van der Waals surface area contributed by atoms with Crippen LogP contribution in [0.5, 0.6) is 0 Å². The van der Waals surface area contributed by atoms with Crippen LogP contribution in [0.25, 0.3) is 0 Å². The van der Waals surface area contributed by atoms with E-state index in [1.54, 1.807) is 0 Å². The van der Waals surface area contributed by atoms with Gasteiger partial charge in [-0.3, -0.25) is 14.4 Å². The van der Waals surface area contributed by atoms with Crippen LogP contribution in [-0.2, 0) is 23.9 Å². The number of methoxy groups -OCH3 is 1. The Morgan fingerprint density at radius 3 is 2.68 bits per heavy atom. The molecule has 2 atom stereocenters. The Hall–Kier alpha value is -2.12. The number of carboxylic acids is 1. The Balaban J connectivity index is 2.48. The smallest absolute Gasteiger partial charge is 0.326 e. The summed E-state index contributed by atoms with van der Waals surface area (Å²) in [7, 11) is 1.20. The Morgan fingerprint density at radius 1 is 1.53 bits per heavy atom. The average Bonchev–Trinajstić information content (AvgIpc) is 2.80. The van der Waals surface area contributed by atoms with Gasteiger partial charge in [0.1, 0.15) is 12.1 Å². The van der Waals surface area contributed by atoms with Gasteiger partial charge >= 0.3 is 11.9 Å². The summed E-state index contributed by atoms with van der Waals surface area (Å²) in [5, 5.41) is 13.7. The van der Waals surface area contributed by atoms with Gasteiger partial charge in [0.2, 0.25) is 11.8 Å². The van der Waals surface area contributed by atoms with Gasteiger partial charge in [0.25, 0.3) is 0 Å². The van der Waals surface area contributed by atoms with Gasteiger partial charge < -0.3 is 20.5 Å². The van der Waals surface area contributed by atoms with E-state index in [0.717, 1.165) is 0 Å². The molecule has 0 aromatic carbocycles. The molecule has 106 valence electrons. The lowest BCUT2D eigenvalue weighted by Crippen LogP contribution is -2.48. The maximum Gasteiger partial charge on any atom is 0.326 e. The van der Waals surface area contributed by atoms with Gasteiger partial charge in [-0.25, -0.2) is 4.79 Å². The van der Waals surface area contributed by atoms with Gasteiger partial charge in [-0.15, -0.1) is 0 Å². The summed E-state index contributed by atoms with van der Waals surface area (Å²) < 4.78 is 4.40. The number of rotatable bonds is 6. The van der Waals surface area contributed by atoms with Crippen LogP contribution in [0.1, 0.15) is 25.7 Å². The fraction of sp³-hybridized carbons (Fsp3) is 0.636. The van der Waals surface area contributed by atoms with E-state index in [0.29, 0.717) is 6.42 Å². The number of carbonyl (C=O) groups is 4. The maximum atomic E-state index is 11.7. The molecular weight excluding hydrogens is 256 g/mol. The van der Waals surface area contributed by atoms with Crippen LogP contribution in [-0.4, -0.2) is 48.1 Å². The van der Waals surface area contributed by atoms with E-state index >= 15 is 0 Å². The van der Waals surface area contributed by atoms with Gasteiger partial charge in [-0.1, -0.05) is 0 Å². The number of esters is 1. The number of ether oxygens (including phenoxy) is 1. The minimum absolute atomic E-state index is 0.0611. The Kier molecular flexibility index (Phi) is 5.28. The van der Waals surface area contributed by atoms with Crippen LogP contribution in [0.4, 0.5) is 0 Å². The van der Waals surface area contributed by atoms with Crippen molar-refractivity contribution < 1.29 is 29.0 Å². The van der Waals surface area contributed by atoms with Crippen molar-refractivity contribution in [3.63, 3.8) is 0 Å². The van der Waals surface area contributed by atoms with Gasteiger partial charge in [0.05, 0.1) is 7.11 Å². The zero-order valence-corrected chi connectivity index (χ0v) is 10.5. The summed E-state index contributed by atoms with van der Waals surface area (Å²) in [6, 6.07) is -1.88. The first-order valence-corrected chi connectivity index (χ1v) is 5.83. The maximum absolute atomic E-state index is 11.7. The molecule has 19 heavy (non-hydrogen) atoms. The number of hydrogen-bond acceptors (Lipinski definition) is 5. The second-order valence-electron chi connectivity index (χ2n) is 4.17. The van der Waals surface area contributed by atoms with Crippen LogP contribution in [0.15, 0.2) is 0 Å². The van der Waals surface area contributed by atoms with Crippen molar-refractivity contribution in [1.29, 1.82) is 0 Å². The Bertz CT molecular complexity index is 395. The van der Waals surface area contributed by atoms with Crippen molar-refractivity contribution in [2.75, 3.05) is 7.11 Å². The Labute approximate surface area is 109 Å². The molecule has 0 aliphatic carbocycles. The molecule has 1 saturated heterocycles. The quantitative estimate of drug-likeness (QED) is 0.521. The molecular formula is C11H16N2O6. The molecule has 0 aromatic heterocycles. The van der Waals surface area contributed by atoms with Crippen molar-refractivity contribution in [1.82, 2.24) is 10.6 Å². The van der Waals surface area contributed by atoms with Crippen molar-refractivity contribution in [3.05, 3.63) is 0 Å². The average molecular weight is 272 g/mol. The molecule has 1 rings (SSSR count). The third-order valence-electron chi connectivity index (χ3n) is 2.79. The molecule has 0 bridgehead atoms. The summed E-state index contributed by atoms with van der Waals surface area (Å²) in [5.74, 6) is -2.57. The molecule has 3 N–H and O–H groups in total. The molecule has 0 saturated carbocycles. The van der Waals surface area contributed by atoms with Crippen molar-refractivity contribution in [2.45, 2.75) is 37.8 Å². The van der Waals surface area contributed by atoms with E-state index in [2.05, 4.69) is 15.4 Å². The lowest BCUT2D eigenvalue weighted by atomic mass is 10.1. The summed E-state index contributed by atoms with van der Waals surface area (Å²) in [6.07, 6.45) is 0.422. The number of nitrogens with one attached hydrogen (secondary N) is 2. The second kappa shape index (κ2) is 6.72. The van der Waals surface area contributed by atoms with Crippen LogP contribution in [0.3, 0.4) is 0 Å². The lowest BCUT2D eigenvalue weighted by Gasteiger charge is -2.16. The van der Waals surface area contributed by atoms with Crippen LogP contribution in [0, 0.1) is 0 Å². The number of carboxylic acid groups (broad SMARTS) is 1. The molecule has 2 unspecified atom stereocenters. The van der Waals surface area contributed by atoms with Crippen LogP contribution < -0.4 is 10.6 Å². The van der Waals surface area contributed by atoms with Gasteiger partial charge in [-0.2, -0.15) is 0 Å². The number of hydrogen-bond donors (Lipinski definition) is 3. The van der Waals surface area contributed by atoms with E-state index < -0.39 is 29.9 Å². The number of amides is 2. The Morgan fingerprint density at radius 2 is 2.21 bits per heavy atom. The van der Waals surface area contributed by atoms with Crippen molar-refractivity contribution >= 4 is 23.8 Å². The highest BCUT2D eigenvalue weighted by molar-refractivity contribution is 5.92. The van der Waals surface area contributed by atoms with E-state index in [1.165, 1.54) is 7.11 Å². The first-order valence-electron chi connectivity index (χ1n) is 5.83. The predicted octanol–water partition coefficient (Wildman–Crippen LogP) is -1.21. The molecule has 0 radical (unpaired) electrons. The first-order chi connectivity index (χ1) is 8.93. The highest BCUT2D eigenvalue weighted by atomic mass is 16.5. The molecule has 1 fully saturated rings. The third kappa shape index (κ3) is 4.57. The molecule has 8 heteroatoms. The fourth-order valence-electron chi connectivity index (χ4n) is 1.70. The predicted molar refractivity (Wildman–Crippen MR) is 62.0 cm³/mol. The SMILES string of the molecule is COC(=O)CCC(NC(=O)C1CCC(=O)N1)C(=O)O. The zero-order valence-electron chi connectivity index (χ0n) is 10.5. The largest absolute Gasteiger partial charge is 0.480 e. The molecule has 0 spiro atoms. The fourth-order valence-corrected chi connectivity index (χ4v) is 1.70. The lowest BCUT2D eigenvalue weighted by molar-refractivity contribution is -0.144. The van der Waals surface area contributed by atoms with Crippen LogP contribution >= 0.6 is 0 Å². The highest BCUT2D eigenvalue weighted by Crippen LogP contribution is 2.08. The standard InChI is InChI=1S/C11H16N2O6/c1-19-9(15)5-3-7(11(17)18)13-10(16)6-2-4-8(14)12-6/h6-7H,2-5H2,1H3,(H,12,14)(H,13,16)(H,17,18). The third-order valence-corrected chi connectivity index (χ3v) is 2.79. The highest BCUT2D eigenvalue weighted by Gasteiger charge is 2.30. The summed E-state index contributed by atoms with van der Waals surface area (Å²) in [5.41, 5.74) is 0. The van der Waals surface area contributed by atoms with Gasteiger partial charge in [0, 0.05) is 12.8 Å². The van der Waals surface area contributed by atoms with E-state index in [4.69, 9.17) is 5.11 Å². The van der Waals surface area contributed by atoms with E-state index in [9.17, 15) is 19.2 Å². The molecule has 2 amide bonds. The molecule has 1 heterocycles. The number of carbonyl (C=O) groups excluding carboxylic acids is 3. The van der Waals surface area contributed by atoms with Gasteiger partial charge in [0.15, 0.2) is 0 Å². The molecule has 1 aliphatic rings. The molecule has 0 aromatic rings. The minimum atomic E-state index is -1.23.